The predicted molar refractivity (Wildman–Crippen MR) is 169 cm³/mol. The van der Waals surface area contributed by atoms with Gasteiger partial charge in [0.1, 0.15) is 12.4 Å². The molecule has 222 valence electrons. The molecule has 41 heavy (non-hydrogen) atoms. The van der Waals surface area contributed by atoms with Crippen molar-refractivity contribution in [1.29, 1.82) is 0 Å². The number of benzene rings is 3. The Labute approximate surface area is 251 Å². The number of hydrogen-bond donors (Lipinski definition) is 1. The van der Waals surface area contributed by atoms with Crippen molar-refractivity contribution < 1.29 is 18.3 Å². The number of nitrogens with zero attached hydrogens (tertiary/aromatic N) is 1. The number of rotatable bonds is 12. The van der Waals surface area contributed by atoms with Crippen LogP contribution in [0.5, 0.6) is 5.75 Å². The highest BCUT2D eigenvalue weighted by molar-refractivity contribution is 7.91. The Kier molecular flexibility index (Phi) is 10.4. The molecule has 0 saturated heterocycles. The van der Waals surface area contributed by atoms with E-state index >= 15 is 0 Å². The lowest BCUT2D eigenvalue weighted by molar-refractivity contribution is 0.0126. The molecule has 1 N–H and O–H groups in total. The summed E-state index contributed by atoms with van der Waals surface area (Å²) in [6.07, 6.45) is 4.10. The van der Waals surface area contributed by atoms with Crippen molar-refractivity contribution in [3.05, 3.63) is 89.0 Å². The molecule has 4 rings (SSSR count). The first-order valence-corrected chi connectivity index (χ1v) is 16.9. The quantitative estimate of drug-likeness (QED) is 0.217. The van der Waals surface area contributed by atoms with Gasteiger partial charge in [-0.25, -0.2) is 8.42 Å². The summed E-state index contributed by atoms with van der Waals surface area (Å²) in [5.41, 5.74) is 3.77. The molecule has 0 saturated carbocycles. The third-order valence-electron chi connectivity index (χ3n) is 8.46. The summed E-state index contributed by atoms with van der Waals surface area (Å²) < 4.78 is 34.3. The number of anilines is 1. The van der Waals surface area contributed by atoms with Crippen LogP contribution < -0.4 is 9.64 Å². The average Bonchev–Trinajstić information content (AvgIpc) is 3.04. The molecular formula is C34H44ClNO4S. The highest BCUT2D eigenvalue weighted by Gasteiger charge is 2.49. The molecule has 0 aliphatic carbocycles. The van der Waals surface area contributed by atoms with Gasteiger partial charge in [-0.1, -0.05) is 75.9 Å². The van der Waals surface area contributed by atoms with Crippen LogP contribution in [0, 0.1) is 5.41 Å². The van der Waals surface area contributed by atoms with E-state index in [1.807, 2.05) is 79.7 Å². The summed E-state index contributed by atoms with van der Waals surface area (Å²) in [5.74, 6) is 0.599. The van der Waals surface area contributed by atoms with Gasteiger partial charge in [0, 0.05) is 37.0 Å². The second-order valence-corrected chi connectivity index (χ2v) is 13.9. The first-order chi connectivity index (χ1) is 19.6. The van der Waals surface area contributed by atoms with Crippen LogP contribution >= 0.6 is 11.6 Å². The number of aliphatic hydroxyl groups is 1. The van der Waals surface area contributed by atoms with E-state index in [0.717, 1.165) is 48.1 Å². The van der Waals surface area contributed by atoms with Gasteiger partial charge in [0.2, 0.25) is 0 Å². The number of sulfone groups is 1. The van der Waals surface area contributed by atoms with E-state index in [-0.39, 0.29) is 5.75 Å². The summed E-state index contributed by atoms with van der Waals surface area (Å²) in [4.78, 5) is 2.30. The molecule has 3 aromatic rings. The largest absolute Gasteiger partial charge is 0.489 e. The van der Waals surface area contributed by atoms with Crippen LogP contribution in [0.25, 0.3) is 0 Å². The van der Waals surface area contributed by atoms with Gasteiger partial charge in [0.15, 0.2) is 9.84 Å². The topological polar surface area (TPSA) is 66.8 Å². The first-order valence-electron chi connectivity index (χ1n) is 14.7. The normalized spacial score (nSPS) is 19.3. The minimum Gasteiger partial charge on any atom is -0.489 e. The molecule has 0 aromatic heterocycles. The Balaban J connectivity index is 1.81. The summed E-state index contributed by atoms with van der Waals surface area (Å²) in [7, 11) is 0.243. The van der Waals surface area contributed by atoms with Gasteiger partial charge in [-0.3, -0.25) is 0 Å². The van der Waals surface area contributed by atoms with Crippen molar-refractivity contribution in [3.8, 4) is 5.75 Å². The van der Waals surface area contributed by atoms with E-state index in [1.165, 1.54) is 0 Å². The molecule has 1 heterocycles. The van der Waals surface area contributed by atoms with Crippen LogP contribution in [-0.2, 0) is 22.3 Å². The third-order valence-corrected chi connectivity index (χ3v) is 10.8. The molecule has 0 amide bonds. The molecule has 1 aliphatic rings. The molecular weight excluding hydrogens is 554 g/mol. The zero-order chi connectivity index (χ0) is 29.6. The van der Waals surface area contributed by atoms with Gasteiger partial charge >= 0.3 is 0 Å². The molecule has 5 nitrogen and oxygen atoms in total. The smallest absolute Gasteiger partial charge is 0.179 e. The van der Waals surface area contributed by atoms with E-state index in [9.17, 15) is 13.5 Å². The minimum atomic E-state index is -3.64. The second-order valence-electron chi connectivity index (χ2n) is 11.7. The van der Waals surface area contributed by atoms with Crippen molar-refractivity contribution in [2.24, 2.45) is 5.41 Å². The lowest BCUT2D eigenvalue weighted by atomic mass is 9.68. The number of aliphatic hydroxyl groups excluding tert-OH is 1. The molecule has 7 heteroatoms. The van der Waals surface area contributed by atoms with Gasteiger partial charge in [-0.2, -0.15) is 0 Å². The lowest BCUT2D eigenvalue weighted by Gasteiger charge is -2.40. The fourth-order valence-corrected chi connectivity index (χ4v) is 8.45. The fraction of sp³-hybridized carbons (Fsp3) is 0.471. The maximum Gasteiger partial charge on any atom is 0.179 e. The van der Waals surface area contributed by atoms with Crippen LogP contribution in [0.1, 0.15) is 80.5 Å². The summed E-state index contributed by atoms with van der Waals surface area (Å²) >= 11 is 5.93. The van der Waals surface area contributed by atoms with Crippen molar-refractivity contribution in [2.75, 3.05) is 24.7 Å². The predicted octanol–water partition coefficient (Wildman–Crippen LogP) is 7.72. The molecule has 0 bridgehead atoms. The van der Waals surface area contributed by atoms with Gasteiger partial charge in [-0.15, -0.1) is 11.6 Å². The Hall–Kier alpha value is -2.54. The molecule has 2 atom stereocenters. The third kappa shape index (κ3) is 7.10. The van der Waals surface area contributed by atoms with Gasteiger partial charge in [-0.05, 0) is 65.4 Å². The average molecular weight is 598 g/mol. The lowest BCUT2D eigenvalue weighted by Crippen LogP contribution is -2.43. The zero-order valence-electron chi connectivity index (χ0n) is 24.8. The van der Waals surface area contributed by atoms with E-state index in [0.29, 0.717) is 41.5 Å². The molecule has 0 spiro atoms. The van der Waals surface area contributed by atoms with E-state index in [1.54, 1.807) is 6.07 Å². The summed E-state index contributed by atoms with van der Waals surface area (Å²) in [5, 5.41) is 12.4. The number of halogens is 1. The monoisotopic (exact) mass is 597 g/mol. The molecule has 1 unspecified atom stereocenters. The highest BCUT2D eigenvalue weighted by atomic mass is 35.5. The SMILES string of the molecule is CCCCC1(CCCC)CS(=O)(=O)c2ccc(N(C)C)cc2[C@@H](c2cccc(OCc3ccc(CCl)cc3)c2)C1O. The van der Waals surface area contributed by atoms with E-state index < -0.39 is 27.3 Å². The van der Waals surface area contributed by atoms with Crippen LogP contribution in [0.4, 0.5) is 5.69 Å². The zero-order valence-corrected chi connectivity index (χ0v) is 26.3. The van der Waals surface area contributed by atoms with Crippen molar-refractivity contribution in [2.45, 2.75) is 81.8 Å². The maximum atomic E-state index is 14.1. The molecule has 0 fully saturated rings. The van der Waals surface area contributed by atoms with Crippen molar-refractivity contribution in [3.63, 3.8) is 0 Å². The Bertz CT molecular complexity index is 1400. The number of ether oxygens (including phenoxy) is 1. The fourth-order valence-electron chi connectivity index (χ4n) is 6.08. The highest BCUT2D eigenvalue weighted by Crippen LogP contribution is 2.50. The number of unbranched alkanes of at least 4 members (excludes halogenated alkanes) is 2. The Morgan fingerprint density at radius 3 is 2.22 bits per heavy atom. The van der Waals surface area contributed by atoms with Crippen LogP contribution in [-0.4, -0.2) is 39.5 Å². The molecule has 0 radical (unpaired) electrons. The maximum absolute atomic E-state index is 14.1. The Morgan fingerprint density at radius 2 is 1.61 bits per heavy atom. The van der Waals surface area contributed by atoms with Gasteiger partial charge in [0.05, 0.1) is 16.8 Å². The minimum absolute atomic E-state index is 0.0412. The molecule has 1 aliphatic heterocycles. The number of fused-ring (bicyclic) bond motifs is 1. The van der Waals surface area contributed by atoms with Crippen molar-refractivity contribution >= 4 is 27.1 Å². The summed E-state index contributed by atoms with van der Waals surface area (Å²) in [6.45, 7) is 4.63. The van der Waals surface area contributed by atoms with Crippen LogP contribution in [0.15, 0.2) is 71.6 Å². The van der Waals surface area contributed by atoms with E-state index in [4.69, 9.17) is 16.3 Å². The van der Waals surface area contributed by atoms with Gasteiger partial charge in [0.25, 0.3) is 0 Å². The first kappa shape index (κ1) is 31.4. The second kappa shape index (κ2) is 13.6. The van der Waals surface area contributed by atoms with Crippen LogP contribution in [0.2, 0.25) is 0 Å². The van der Waals surface area contributed by atoms with E-state index in [2.05, 4.69) is 13.8 Å². The van der Waals surface area contributed by atoms with Crippen molar-refractivity contribution in [1.82, 2.24) is 0 Å². The standard InChI is InChI=1S/C34H44ClNO4S/c1-5-7-18-34(19-8-6-2)24-41(38,39)31-17-16-28(36(3)4)21-30(31)32(33(34)37)27-10-9-11-29(20-27)40-23-26-14-12-25(22-35)13-15-26/h9-17,20-21,32-33,37H,5-8,18-19,22-24H2,1-4H3/t32-,33?/m1/s1. The Morgan fingerprint density at radius 1 is 0.951 bits per heavy atom. The molecule has 3 aromatic carbocycles. The van der Waals surface area contributed by atoms with Gasteiger partial charge < -0.3 is 14.7 Å². The summed E-state index contributed by atoms with van der Waals surface area (Å²) in [6, 6.07) is 21.4. The number of alkyl halides is 1. The number of hydrogen-bond acceptors (Lipinski definition) is 5. The van der Waals surface area contributed by atoms with Crippen LogP contribution in [0.3, 0.4) is 0 Å².